The highest BCUT2D eigenvalue weighted by molar-refractivity contribution is 6.01. The summed E-state index contributed by atoms with van der Waals surface area (Å²) in [6.45, 7) is 11.0. The van der Waals surface area contributed by atoms with Gasteiger partial charge in [-0.05, 0) is 61.4 Å². The fraction of sp³-hybridized carbons (Fsp3) is 0.438. The van der Waals surface area contributed by atoms with Gasteiger partial charge < -0.3 is 29.6 Å². The lowest BCUT2D eigenvalue weighted by atomic mass is 9.95. The Hall–Kier alpha value is -4.74. The number of carbonyl (C=O) groups excluding carboxylic acids is 5. The summed E-state index contributed by atoms with van der Waals surface area (Å²) in [7, 11) is 1.45. The number of carbonyl (C=O) groups is 5. The van der Waals surface area contributed by atoms with Crippen LogP contribution in [0.2, 0.25) is 0 Å². The van der Waals surface area contributed by atoms with Crippen molar-refractivity contribution in [3.63, 3.8) is 0 Å². The maximum atomic E-state index is 13.5. The molecule has 3 rings (SSSR count). The maximum Gasteiger partial charge on any atom is 0.410 e. The minimum Gasteiger partial charge on any atom is -0.496 e. The molecule has 1 aliphatic carbocycles. The zero-order valence-electron chi connectivity index (χ0n) is 25.6. The molecule has 236 valence electrons. The smallest absolute Gasteiger partial charge is 0.410 e. The number of benzene rings is 1. The molecule has 0 aliphatic heterocycles. The first-order valence-corrected chi connectivity index (χ1v) is 14.5. The molecule has 44 heavy (non-hydrogen) atoms. The summed E-state index contributed by atoms with van der Waals surface area (Å²) < 4.78 is 21.1. The monoisotopic (exact) mass is 609 g/mol. The molecular weight excluding hydrogens is 570 g/mol. The first-order valence-electron chi connectivity index (χ1n) is 14.5. The van der Waals surface area contributed by atoms with E-state index < -0.39 is 36.3 Å². The molecular formula is C32H39N3O9. The van der Waals surface area contributed by atoms with Crippen molar-refractivity contribution in [1.29, 1.82) is 0 Å². The molecule has 1 aromatic carbocycles. The van der Waals surface area contributed by atoms with E-state index in [1.54, 1.807) is 26.0 Å². The lowest BCUT2D eigenvalue weighted by Crippen LogP contribution is -2.47. The summed E-state index contributed by atoms with van der Waals surface area (Å²) in [5.74, 6) is -1.57. The van der Waals surface area contributed by atoms with Crippen LogP contribution in [-0.2, 0) is 19.0 Å². The second kappa shape index (κ2) is 15.6. The van der Waals surface area contributed by atoms with Gasteiger partial charge in [-0.2, -0.15) is 0 Å². The first kappa shape index (κ1) is 33.8. The highest BCUT2D eigenvalue weighted by atomic mass is 16.7. The van der Waals surface area contributed by atoms with Gasteiger partial charge in [0.1, 0.15) is 17.5 Å². The molecule has 1 fully saturated rings. The number of rotatable bonds is 15. The third-order valence-corrected chi connectivity index (χ3v) is 7.18. The first-order chi connectivity index (χ1) is 21.1. The van der Waals surface area contributed by atoms with Crippen molar-refractivity contribution < 1.29 is 42.9 Å². The number of aromatic nitrogens is 1. The topological polar surface area (TPSA) is 159 Å². The van der Waals surface area contributed by atoms with E-state index in [1.807, 2.05) is 6.92 Å². The molecule has 1 aliphatic rings. The second-order valence-electron chi connectivity index (χ2n) is 10.4. The van der Waals surface area contributed by atoms with Gasteiger partial charge in [-0.25, -0.2) is 19.4 Å². The molecule has 12 nitrogen and oxygen atoms in total. The van der Waals surface area contributed by atoms with E-state index in [-0.39, 0.29) is 35.0 Å². The van der Waals surface area contributed by atoms with E-state index in [2.05, 4.69) is 22.2 Å². The van der Waals surface area contributed by atoms with Gasteiger partial charge in [-0.3, -0.25) is 9.59 Å². The van der Waals surface area contributed by atoms with Gasteiger partial charge in [-0.15, -0.1) is 0 Å². The van der Waals surface area contributed by atoms with Crippen molar-refractivity contribution in [3.8, 4) is 16.9 Å². The predicted octanol–water partition coefficient (Wildman–Crippen LogP) is 4.56. The summed E-state index contributed by atoms with van der Waals surface area (Å²) in [5, 5.41) is 5.27. The lowest BCUT2D eigenvalue weighted by Gasteiger charge is -2.23. The van der Waals surface area contributed by atoms with Crippen molar-refractivity contribution in [2.45, 2.75) is 59.3 Å². The number of pyridine rings is 1. The third-order valence-electron chi connectivity index (χ3n) is 7.18. The Bertz CT molecular complexity index is 1400. The van der Waals surface area contributed by atoms with E-state index in [1.165, 1.54) is 32.2 Å². The number of nitrogens with zero attached hydrogens (tertiary/aromatic N) is 1. The molecule has 12 heteroatoms. The van der Waals surface area contributed by atoms with Crippen molar-refractivity contribution >= 4 is 36.3 Å². The van der Waals surface area contributed by atoms with Crippen molar-refractivity contribution in [2.24, 2.45) is 11.8 Å². The molecule has 0 saturated heterocycles. The van der Waals surface area contributed by atoms with E-state index in [0.717, 1.165) is 12.8 Å². The highest BCUT2D eigenvalue weighted by Crippen LogP contribution is 2.33. The van der Waals surface area contributed by atoms with Crippen LogP contribution in [0.5, 0.6) is 5.75 Å². The van der Waals surface area contributed by atoms with Crippen molar-refractivity contribution in [2.75, 3.05) is 20.3 Å². The Morgan fingerprint density at radius 1 is 1.07 bits per heavy atom. The fourth-order valence-corrected chi connectivity index (χ4v) is 4.33. The Kier molecular flexibility index (Phi) is 12.0. The number of hydrogen-bond donors (Lipinski definition) is 2. The number of amides is 2. The number of hydrogen-bond acceptors (Lipinski definition) is 10. The highest BCUT2D eigenvalue weighted by Gasteiger charge is 2.30. The van der Waals surface area contributed by atoms with Gasteiger partial charge in [-0.1, -0.05) is 32.9 Å². The quantitative estimate of drug-likeness (QED) is 0.166. The van der Waals surface area contributed by atoms with Crippen LogP contribution in [0.15, 0.2) is 30.8 Å². The molecule has 0 spiro atoms. The van der Waals surface area contributed by atoms with Crippen LogP contribution >= 0.6 is 0 Å². The van der Waals surface area contributed by atoms with Gasteiger partial charge >= 0.3 is 18.0 Å². The molecule has 1 heterocycles. The minimum absolute atomic E-state index is 0.0409. The average Bonchev–Trinajstić information content (AvgIpc) is 3.85. The minimum atomic E-state index is -1.42. The normalized spacial score (nSPS) is 14.3. The second-order valence-corrected chi connectivity index (χ2v) is 10.4. The van der Waals surface area contributed by atoms with Crippen LogP contribution in [0.25, 0.3) is 17.2 Å². The number of ether oxygens (including phenoxy) is 4. The summed E-state index contributed by atoms with van der Waals surface area (Å²) in [6, 6.07) is 5.06. The van der Waals surface area contributed by atoms with Crippen molar-refractivity contribution in [3.05, 3.63) is 53.4 Å². The third kappa shape index (κ3) is 8.65. The number of aldehydes is 1. The number of nitrogens with one attached hydrogen (secondary N) is 2. The lowest BCUT2D eigenvalue weighted by molar-refractivity contribution is -0.147. The number of alkyl carbamates (subject to hydrolysis) is 1. The molecule has 1 aromatic heterocycles. The van der Waals surface area contributed by atoms with Crippen LogP contribution in [0.3, 0.4) is 0 Å². The fourth-order valence-electron chi connectivity index (χ4n) is 4.33. The molecule has 0 bridgehead atoms. The molecule has 0 radical (unpaired) electrons. The van der Waals surface area contributed by atoms with Gasteiger partial charge in [0.15, 0.2) is 12.0 Å². The molecule has 3 atom stereocenters. The summed E-state index contributed by atoms with van der Waals surface area (Å²) >= 11 is 0. The summed E-state index contributed by atoms with van der Waals surface area (Å²) in [5.41, 5.74) is 0.907. The molecule has 2 aromatic rings. The maximum absolute atomic E-state index is 13.5. The van der Waals surface area contributed by atoms with Gasteiger partial charge in [0.25, 0.3) is 5.91 Å². The number of esters is 2. The van der Waals surface area contributed by atoms with Gasteiger partial charge in [0, 0.05) is 30.2 Å². The van der Waals surface area contributed by atoms with Crippen LogP contribution in [0, 0.1) is 11.8 Å². The molecule has 2 N–H and O–H groups in total. The molecule has 1 saturated carbocycles. The van der Waals surface area contributed by atoms with E-state index in [9.17, 15) is 24.0 Å². The standard InChI is InChI=1S/C32H39N3O9/c1-7-18(4)27(30(38)42-9-3)35-32(40)44-19(5)43-31(39)28-23(12-13-25(34-28)29(37)33-16-20-10-11-20)24-15-26(41-6)21(8-2)14-22(24)17-36/h8,12-15,17-20,27H,2,7,9-11,16H2,1,3-6H3,(H,33,37)(H,35,40)/t18-,19?,27-/m0/s1. The van der Waals surface area contributed by atoms with Gasteiger partial charge in [0.05, 0.1) is 13.7 Å². The Morgan fingerprint density at radius 3 is 2.39 bits per heavy atom. The SMILES string of the molecule is C=Cc1cc(C=O)c(-c2ccc(C(=O)NCC3CC3)nc2C(=O)OC(C)OC(=O)N[C@H](C(=O)OCC)[C@@H](C)CC)cc1OC. The van der Waals surface area contributed by atoms with E-state index in [4.69, 9.17) is 18.9 Å². The zero-order chi connectivity index (χ0) is 32.4. The zero-order valence-corrected chi connectivity index (χ0v) is 25.6. The Balaban J connectivity index is 1.91. The Morgan fingerprint density at radius 2 is 1.80 bits per heavy atom. The van der Waals surface area contributed by atoms with Crippen LogP contribution in [0.1, 0.15) is 83.9 Å². The average molecular weight is 610 g/mol. The van der Waals surface area contributed by atoms with E-state index >= 15 is 0 Å². The van der Waals surface area contributed by atoms with Crippen molar-refractivity contribution in [1.82, 2.24) is 15.6 Å². The molecule has 2 amide bonds. The van der Waals surface area contributed by atoms with Crippen LogP contribution < -0.4 is 15.4 Å². The van der Waals surface area contributed by atoms with E-state index in [0.29, 0.717) is 42.0 Å². The summed E-state index contributed by atoms with van der Waals surface area (Å²) in [4.78, 5) is 67.7. The largest absolute Gasteiger partial charge is 0.496 e. The van der Waals surface area contributed by atoms with Gasteiger partial charge in [0.2, 0.25) is 6.29 Å². The predicted molar refractivity (Wildman–Crippen MR) is 161 cm³/mol. The summed E-state index contributed by atoms with van der Waals surface area (Å²) in [6.07, 6.45) is 2.35. The van der Waals surface area contributed by atoms with Crippen LogP contribution in [0.4, 0.5) is 4.79 Å². The van der Waals surface area contributed by atoms with Crippen LogP contribution in [-0.4, -0.2) is 67.8 Å². The number of methoxy groups -OCH3 is 1. The molecule has 1 unspecified atom stereocenters. The Labute approximate surface area is 256 Å².